The monoisotopic (exact) mass is 255 g/mol. The Labute approximate surface area is 110 Å². The summed E-state index contributed by atoms with van der Waals surface area (Å²) in [5.74, 6) is 0. The van der Waals surface area contributed by atoms with E-state index in [9.17, 15) is 4.79 Å². The smallest absolute Gasteiger partial charge is 0.293 e. The van der Waals surface area contributed by atoms with E-state index >= 15 is 0 Å². The third-order valence-corrected chi connectivity index (χ3v) is 2.04. The molecule has 0 spiro atoms. The minimum atomic E-state index is -0.486. The standard InChI is InChI=1S/C7H9N.C6H12O3.CH4/c1-8-7-5-3-2-4-6-7;1-2-3-6(8)4-9-5-7;/h2-6,8H,1H3;5-6,8H,2-4H2,1H3;1H4. The van der Waals surface area contributed by atoms with Crippen molar-refractivity contribution in [3.05, 3.63) is 30.3 Å². The molecule has 1 aromatic carbocycles. The van der Waals surface area contributed by atoms with Crippen molar-refractivity contribution in [3.8, 4) is 0 Å². The third kappa shape index (κ3) is 11.0. The minimum Gasteiger partial charge on any atom is -0.465 e. The lowest BCUT2D eigenvalue weighted by Gasteiger charge is -2.05. The van der Waals surface area contributed by atoms with Gasteiger partial charge in [0.05, 0.1) is 6.10 Å². The van der Waals surface area contributed by atoms with Crippen LogP contribution in [0.3, 0.4) is 0 Å². The molecule has 0 saturated carbocycles. The lowest BCUT2D eigenvalue weighted by molar-refractivity contribution is -0.131. The van der Waals surface area contributed by atoms with Gasteiger partial charge in [-0.1, -0.05) is 39.0 Å². The first kappa shape index (κ1) is 18.8. The van der Waals surface area contributed by atoms with Gasteiger partial charge in [-0.25, -0.2) is 0 Å². The average Bonchev–Trinajstić information content (AvgIpc) is 2.38. The van der Waals surface area contributed by atoms with E-state index in [0.29, 0.717) is 12.9 Å². The molecule has 0 aromatic heterocycles. The zero-order valence-corrected chi connectivity index (χ0v) is 10.4. The van der Waals surface area contributed by atoms with E-state index in [1.807, 2.05) is 44.3 Å². The molecule has 104 valence electrons. The van der Waals surface area contributed by atoms with E-state index < -0.39 is 6.10 Å². The van der Waals surface area contributed by atoms with Gasteiger partial charge in [0.15, 0.2) is 0 Å². The highest BCUT2D eigenvalue weighted by Gasteiger charge is 2.00. The van der Waals surface area contributed by atoms with Crippen LogP contribution in [0, 0.1) is 0 Å². The minimum absolute atomic E-state index is 0. The van der Waals surface area contributed by atoms with Crippen molar-refractivity contribution in [1.82, 2.24) is 0 Å². The summed E-state index contributed by atoms with van der Waals surface area (Å²) in [5, 5.41) is 11.9. The second-order valence-corrected chi connectivity index (χ2v) is 3.49. The van der Waals surface area contributed by atoms with Crippen molar-refractivity contribution >= 4 is 12.2 Å². The lowest BCUT2D eigenvalue weighted by atomic mass is 10.2. The fourth-order valence-corrected chi connectivity index (χ4v) is 1.17. The second kappa shape index (κ2) is 13.5. The number of para-hydroxylation sites is 1. The molecule has 0 fully saturated rings. The maximum Gasteiger partial charge on any atom is 0.293 e. The SMILES string of the molecule is C.CCCC(O)COC=O.CNc1ccccc1. The number of nitrogens with one attached hydrogen (secondary N) is 1. The van der Waals surface area contributed by atoms with Gasteiger partial charge in [-0.15, -0.1) is 0 Å². The van der Waals surface area contributed by atoms with Crippen LogP contribution in [0.1, 0.15) is 27.2 Å². The summed E-state index contributed by atoms with van der Waals surface area (Å²) in [6.45, 7) is 2.43. The molecule has 0 aliphatic heterocycles. The van der Waals surface area contributed by atoms with Crippen molar-refractivity contribution in [2.75, 3.05) is 19.0 Å². The number of hydrogen-bond acceptors (Lipinski definition) is 4. The molecule has 4 heteroatoms. The Bertz CT molecular complexity index is 278. The van der Waals surface area contributed by atoms with E-state index in [1.54, 1.807) is 0 Å². The van der Waals surface area contributed by atoms with E-state index in [2.05, 4.69) is 10.1 Å². The first-order valence-electron chi connectivity index (χ1n) is 5.70. The van der Waals surface area contributed by atoms with Crippen LogP contribution in [0.2, 0.25) is 0 Å². The summed E-state index contributed by atoms with van der Waals surface area (Å²) in [6.07, 6.45) is 1.11. The van der Waals surface area contributed by atoms with Crippen molar-refractivity contribution < 1.29 is 14.6 Å². The van der Waals surface area contributed by atoms with Crippen LogP contribution in [-0.4, -0.2) is 31.3 Å². The van der Waals surface area contributed by atoms with Gasteiger partial charge in [-0.05, 0) is 18.6 Å². The topological polar surface area (TPSA) is 58.6 Å². The molecule has 2 N–H and O–H groups in total. The second-order valence-electron chi connectivity index (χ2n) is 3.49. The predicted octanol–water partition coefficient (Wildman–Crippen LogP) is 2.68. The van der Waals surface area contributed by atoms with Crippen molar-refractivity contribution in [1.29, 1.82) is 0 Å². The number of hydrogen-bond donors (Lipinski definition) is 2. The Morgan fingerprint density at radius 2 is 2.00 bits per heavy atom. The summed E-state index contributed by atoms with van der Waals surface area (Å²) in [5.41, 5.74) is 1.16. The van der Waals surface area contributed by atoms with E-state index in [-0.39, 0.29) is 14.0 Å². The number of carbonyl (C=O) groups excluding carboxylic acids is 1. The molecule has 1 rings (SSSR count). The van der Waals surface area contributed by atoms with Crippen LogP contribution in [0.4, 0.5) is 5.69 Å². The average molecular weight is 255 g/mol. The summed E-state index contributed by atoms with van der Waals surface area (Å²) < 4.78 is 4.32. The van der Waals surface area contributed by atoms with Gasteiger partial charge in [-0.2, -0.15) is 0 Å². The van der Waals surface area contributed by atoms with Gasteiger partial charge >= 0.3 is 0 Å². The molecule has 1 aromatic rings. The number of aliphatic hydroxyl groups is 1. The number of rotatable bonds is 6. The van der Waals surface area contributed by atoms with E-state index in [4.69, 9.17) is 5.11 Å². The van der Waals surface area contributed by atoms with Gasteiger partial charge in [0.25, 0.3) is 6.47 Å². The molecule has 0 aliphatic carbocycles. The normalized spacial score (nSPS) is 10.2. The van der Waals surface area contributed by atoms with Crippen LogP contribution in [0.25, 0.3) is 0 Å². The van der Waals surface area contributed by atoms with Crippen LogP contribution < -0.4 is 5.32 Å². The Morgan fingerprint density at radius 3 is 2.39 bits per heavy atom. The first-order chi connectivity index (χ1) is 8.24. The number of anilines is 1. The van der Waals surface area contributed by atoms with Crippen molar-refractivity contribution in [3.63, 3.8) is 0 Å². The van der Waals surface area contributed by atoms with Gasteiger partial charge in [0.1, 0.15) is 6.61 Å². The molecule has 0 amide bonds. The number of benzene rings is 1. The van der Waals surface area contributed by atoms with E-state index in [0.717, 1.165) is 12.1 Å². The predicted molar refractivity (Wildman–Crippen MR) is 75.7 cm³/mol. The molecule has 0 saturated heterocycles. The van der Waals surface area contributed by atoms with Crippen LogP contribution >= 0.6 is 0 Å². The number of ether oxygens (including phenoxy) is 1. The third-order valence-electron chi connectivity index (χ3n) is 2.04. The van der Waals surface area contributed by atoms with E-state index in [1.165, 1.54) is 0 Å². The zero-order chi connectivity index (χ0) is 12.9. The first-order valence-corrected chi connectivity index (χ1v) is 5.70. The fourth-order valence-electron chi connectivity index (χ4n) is 1.17. The number of carbonyl (C=O) groups is 1. The molecule has 0 aliphatic rings. The Morgan fingerprint density at radius 1 is 1.39 bits per heavy atom. The van der Waals surface area contributed by atoms with Gasteiger partial charge in [0.2, 0.25) is 0 Å². The molecular weight excluding hydrogens is 230 g/mol. The molecular formula is C14H25NO3. The molecule has 4 nitrogen and oxygen atoms in total. The maximum absolute atomic E-state index is 9.58. The molecule has 1 atom stereocenters. The summed E-state index contributed by atoms with van der Waals surface area (Å²) >= 11 is 0. The van der Waals surface area contributed by atoms with Crippen LogP contribution in [-0.2, 0) is 9.53 Å². The molecule has 0 heterocycles. The Balaban J connectivity index is 0. The summed E-state index contributed by atoms with van der Waals surface area (Å²) in [7, 11) is 1.91. The van der Waals surface area contributed by atoms with Crippen molar-refractivity contribution in [2.45, 2.75) is 33.3 Å². The maximum atomic E-state index is 9.58. The highest BCUT2D eigenvalue weighted by molar-refractivity contribution is 5.41. The summed E-state index contributed by atoms with van der Waals surface area (Å²) in [6, 6.07) is 10.1. The molecule has 0 bridgehead atoms. The largest absolute Gasteiger partial charge is 0.465 e. The molecule has 18 heavy (non-hydrogen) atoms. The summed E-state index contributed by atoms with van der Waals surface area (Å²) in [4.78, 5) is 9.58. The fraction of sp³-hybridized carbons (Fsp3) is 0.500. The van der Waals surface area contributed by atoms with Gasteiger partial charge in [0, 0.05) is 12.7 Å². The van der Waals surface area contributed by atoms with Gasteiger partial charge < -0.3 is 15.2 Å². The van der Waals surface area contributed by atoms with Gasteiger partial charge in [-0.3, -0.25) is 4.79 Å². The Hall–Kier alpha value is -1.55. The molecule has 1 unspecified atom stereocenters. The highest BCUT2D eigenvalue weighted by Crippen LogP contribution is 2.01. The Kier molecular flexibility index (Phi) is 14.1. The van der Waals surface area contributed by atoms with Crippen LogP contribution in [0.15, 0.2) is 30.3 Å². The lowest BCUT2D eigenvalue weighted by Crippen LogP contribution is -2.13. The highest BCUT2D eigenvalue weighted by atomic mass is 16.5. The zero-order valence-electron chi connectivity index (χ0n) is 10.4. The number of aliphatic hydroxyl groups excluding tert-OH is 1. The van der Waals surface area contributed by atoms with Crippen LogP contribution in [0.5, 0.6) is 0 Å². The molecule has 0 radical (unpaired) electrons. The van der Waals surface area contributed by atoms with Crippen molar-refractivity contribution in [2.24, 2.45) is 0 Å². The quantitative estimate of drug-likeness (QED) is 0.767.